The van der Waals surface area contributed by atoms with Gasteiger partial charge < -0.3 is 10.2 Å². The minimum absolute atomic E-state index is 0.409. The number of hydrogen-bond acceptors (Lipinski definition) is 4. The van der Waals surface area contributed by atoms with Gasteiger partial charge in [0.1, 0.15) is 5.69 Å². The molecule has 1 N–H and O–H groups in total. The number of carbonyl (C=O) groups excluding carboxylic acids is 1. The van der Waals surface area contributed by atoms with Crippen molar-refractivity contribution in [3.63, 3.8) is 0 Å². The molecule has 0 amide bonds. The van der Waals surface area contributed by atoms with Crippen LogP contribution < -0.4 is 10.2 Å². The number of allylic oxidation sites excluding steroid dienone is 1. The third-order valence-corrected chi connectivity index (χ3v) is 2.90. The summed E-state index contributed by atoms with van der Waals surface area (Å²) in [7, 11) is 0. The van der Waals surface area contributed by atoms with Gasteiger partial charge >= 0.3 is 0 Å². The number of aromatic nitrogens is 1. The molecule has 1 aliphatic heterocycles. The van der Waals surface area contributed by atoms with E-state index in [4.69, 9.17) is 0 Å². The summed E-state index contributed by atoms with van der Waals surface area (Å²) in [4.78, 5) is 17.3. The number of rotatable bonds is 4. The predicted molar refractivity (Wildman–Crippen MR) is 68.0 cm³/mol. The van der Waals surface area contributed by atoms with Gasteiger partial charge in [0.15, 0.2) is 0 Å². The van der Waals surface area contributed by atoms with Crippen LogP contribution in [0.5, 0.6) is 0 Å². The molecule has 1 radical (unpaired) electrons. The topological polar surface area (TPSA) is 45.2 Å². The van der Waals surface area contributed by atoms with Crippen molar-refractivity contribution in [2.24, 2.45) is 0 Å². The summed E-state index contributed by atoms with van der Waals surface area (Å²) in [6.07, 6.45) is 6.18. The molecule has 0 unspecified atom stereocenters. The first kappa shape index (κ1) is 11.8. The number of hydrogen-bond donors (Lipinski definition) is 1. The second-order valence-corrected chi connectivity index (χ2v) is 4.00. The van der Waals surface area contributed by atoms with Crippen LogP contribution >= 0.6 is 0 Å². The summed E-state index contributed by atoms with van der Waals surface area (Å²) in [5.41, 5.74) is 2.42. The van der Waals surface area contributed by atoms with Crippen LogP contribution in [0.15, 0.2) is 24.9 Å². The summed E-state index contributed by atoms with van der Waals surface area (Å²) in [5.74, 6) is 0. The highest BCUT2D eigenvalue weighted by molar-refractivity contribution is 5.84. The smallest absolute Gasteiger partial charge is 0.255 e. The minimum atomic E-state index is 0.409. The van der Waals surface area contributed by atoms with Crippen LogP contribution in [0, 0.1) is 0 Å². The zero-order valence-corrected chi connectivity index (χ0v) is 9.78. The van der Waals surface area contributed by atoms with Gasteiger partial charge in [-0.3, -0.25) is 9.78 Å². The summed E-state index contributed by atoms with van der Waals surface area (Å²) in [6, 6.07) is 1.94. The van der Waals surface area contributed by atoms with E-state index in [1.165, 1.54) is 0 Å². The largest absolute Gasteiger partial charge is 0.367 e. The molecular formula is C13H16N3O. The normalized spacial score (nSPS) is 15.6. The Morgan fingerprint density at radius 3 is 2.94 bits per heavy atom. The molecule has 0 spiro atoms. The molecule has 2 rings (SSSR count). The van der Waals surface area contributed by atoms with Crippen LogP contribution in [0.1, 0.15) is 11.3 Å². The van der Waals surface area contributed by atoms with Crippen molar-refractivity contribution in [3.05, 3.63) is 36.2 Å². The van der Waals surface area contributed by atoms with Crippen molar-refractivity contribution in [2.75, 3.05) is 31.1 Å². The molecule has 4 nitrogen and oxygen atoms in total. The van der Waals surface area contributed by atoms with Gasteiger partial charge in [-0.25, -0.2) is 0 Å². The van der Waals surface area contributed by atoms with E-state index in [0.717, 1.165) is 43.9 Å². The van der Waals surface area contributed by atoms with Gasteiger partial charge in [-0.2, -0.15) is 0 Å². The number of nitrogens with one attached hydrogen (secondary N) is 1. The van der Waals surface area contributed by atoms with Gasteiger partial charge in [0.2, 0.25) is 0 Å². The summed E-state index contributed by atoms with van der Waals surface area (Å²) in [6.45, 7) is 7.40. The molecule has 1 saturated heterocycles. The van der Waals surface area contributed by atoms with E-state index in [1.54, 1.807) is 6.20 Å². The molecule has 0 saturated carbocycles. The number of nitrogens with zero attached hydrogens (tertiary/aromatic N) is 2. The van der Waals surface area contributed by atoms with Gasteiger partial charge in [0.05, 0.1) is 5.69 Å². The third kappa shape index (κ3) is 2.53. The molecule has 0 bridgehead atoms. The van der Waals surface area contributed by atoms with E-state index in [-0.39, 0.29) is 0 Å². The van der Waals surface area contributed by atoms with Crippen molar-refractivity contribution >= 4 is 12.0 Å². The highest BCUT2D eigenvalue weighted by atomic mass is 16.1. The molecule has 2 heterocycles. The summed E-state index contributed by atoms with van der Waals surface area (Å²) >= 11 is 0. The van der Waals surface area contributed by atoms with Gasteiger partial charge in [-0.15, -0.1) is 6.58 Å². The fourth-order valence-electron chi connectivity index (χ4n) is 2.13. The Morgan fingerprint density at radius 1 is 1.53 bits per heavy atom. The lowest BCUT2D eigenvalue weighted by Crippen LogP contribution is -2.44. The molecule has 0 aromatic carbocycles. The van der Waals surface area contributed by atoms with Crippen molar-refractivity contribution in [1.82, 2.24) is 10.3 Å². The van der Waals surface area contributed by atoms with Gasteiger partial charge in [-0.1, -0.05) is 6.08 Å². The van der Waals surface area contributed by atoms with Gasteiger partial charge in [0, 0.05) is 32.4 Å². The zero-order chi connectivity index (χ0) is 12.1. The Morgan fingerprint density at radius 2 is 2.29 bits per heavy atom. The zero-order valence-electron chi connectivity index (χ0n) is 9.78. The van der Waals surface area contributed by atoms with Crippen molar-refractivity contribution < 1.29 is 4.79 Å². The molecule has 89 valence electrons. The van der Waals surface area contributed by atoms with E-state index in [9.17, 15) is 4.79 Å². The fourth-order valence-corrected chi connectivity index (χ4v) is 2.13. The quantitative estimate of drug-likeness (QED) is 0.773. The van der Waals surface area contributed by atoms with E-state index < -0.39 is 0 Å². The van der Waals surface area contributed by atoms with E-state index in [0.29, 0.717) is 5.69 Å². The molecule has 1 aromatic rings. The fraction of sp³-hybridized carbons (Fsp3) is 0.385. The molecule has 0 aliphatic carbocycles. The third-order valence-electron chi connectivity index (χ3n) is 2.90. The van der Waals surface area contributed by atoms with E-state index in [1.807, 2.05) is 18.4 Å². The average molecular weight is 230 g/mol. The minimum Gasteiger partial charge on any atom is -0.367 e. The van der Waals surface area contributed by atoms with Gasteiger partial charge in [-0.05, 0) is 18.1 Å². The van der Waals surface area contributed by atoms with Crippen LogP contribution in [-0.4, -0.2) is 37.4 Å². The maximum absolute atomic E-state index is 11.0. The lowest BCUT2D eigenvalue weighted by atomic mass is 10.1. The molecule has 1 aromatic heterocycles. The number of anilines is 1. The molecular weight excluding hydrogens is 214 g/mol. The van der Waals surface area contributed by atoms with Crippen LogP contribution in [0.2, 0.25) is 0 Å². The van der Waals surface area contributed by atoms with E-state index >= 15 is 0 Å². The lowest BCUT2D eigenvalue weighted by Gasteiger charge is -2.31. The highest BCUT2D eigenvalue weighted by Crippen LogP contribution is 2.24. The second kappa shape index (κ2) is 5.59. The first-order valence-corrected chi connectivity index (χ1v) is 5.79. The van der Waals surface area contributed by atoms with Crippen LogP contribution in [0.25, 0.3) is 0 Å². The Bertz CT molecular complexity index is 411. The molecule has 1 fully saturated rings. The first-order chi connectivity index (χ1) is 8.36. The standard InChI is InChI=1S/C13H16N3O/c1-2-3-11-4-5-15-12(10-17)13(11)16-8-6-14-7-9-16/h2,4-5,14H,1,3,6-9H2. The molecule has 4 heteroatoms. The van der Waals surface area contributed by atoms with Crippen LogP contribution in [-0.2, 0) is 11.2 Å². The Balaban J connectivity index is 2.39. The Kier molecular flexibility index (Phi) is 3.88. The number of pyridine rings is 1. The van der Waals surface area contributed by atoms with Crippen LogP contribution in [0.4, 0.5) is 5.69 Å². The maximum Gasteiger partial charge on any atom is 0.255 e. The van der Waals surface area contributed by atoms with Crippen molar-refractivity contribution in [1.29, 1.82) is 0 Å². The highest BCUT2D eigenvalue weighted by Gasteiger charge is 2.18. The first-order valence-electron chi connectivity index (χ1n) is 5.79. The van der Waals surface area contributed by atoms with Gasteiger partial charge in [0.25, 0.3) is 6.29 Å². The molecule has 1 aliphatic rings. The predicted octanol–water partition coefficient (Wildman–Crippen LogP) is 0.677. The van der Waals surface area contributed by atoms with Crippen LogP contribution in [0.3, 0.4) is 0 Å². The maximum atomic E-state index is 11.0. The van der Waals surface area contributed by atoms with E-state index in [2.05, 4.69) is 21.8 Å². The van der Waals surface area contributed by atoms with Crippen molar-refractivity contribution in [3.8, 4) is 0 Å². The number of piperazine rings is 1. The second-order valence-electron chi connectivity index (χ2n) is 4.00. The Labute approximate surface area is 101 Å². The van der Waals surface area contributed by atoms with Crippen molar-refractivity contribution in [2.45, 2.75) is 6.42 Å². The summed E-state index contributed by atoms with van der Waals surface area (Å²) in [5, 5.41) is 3.29. The lowest BCUT2D eigenvalue weighted by molar-refractivity contribution is 0.559. The average Bonchev–Trinajstić information content (AvgIpc) is 2.40. The monoisotopic (exact) mass is 230 g/mol. The Hall–Kier alpha value is -1.68. The molecule has 0 atom stereocenters. The SMILES string of the molecule is C=CCc1ccnc([C]=O)c1N1CCNCC1. The molecule has 17 heavy (non-hydrogen) atoms. The summed E-state index contributed by atoms with van der Waals surface area (Å²) < 4.78 is 0.